The average molecular weight is 480 g/mol. The van der Waals surface area contributed by atoms with Crippen LogP contribution in [0.4, 0.5) is 5.69 Å². The minimum absolute atomic E-state index is 0.00716. The standard InChI is InChI=1S/C23H18ClN5O3S/c24-19-6-2-1-5-17(19)14-28-21-8-4-3-7-20(21)26-23(28)33-15-22(30)27-25-13-16-9-11-18(12-10-16)29(31)32/h1-13H,14-15H2,(H,27,30)/b25-13-. The number of nitrogens with zero attached hydrogens (tertiary/aromatic N) is 4. The quantitative estimate of drug-likeness (QED) is 0.168. The topological polar surface area (TPSA) is 102 Å². The number of non-ortho nitro benzene ring substituents is 1. The van der Waals surface area contributed by atoms with Crippen LogP contribution in [0.25, 0.3) is 11.0 Å². The Bertz CT molecular complexity index is 1340. The van der Waals surface area contributed by atoms with Crippen LogP contribution in [0.1, 0.15) is 11.1 Å². The first-order chi connectivity index (χ1) is 16.0. The number of amides is 1. The highest BCUT2D eigenvalue weighted by atomic mass is 35.5. The van der Waals surface area contributed by atoms with Gasteiger partial charge in [0.15, 0.2) is 5.16 Å². The molecule has 1 amide bonds. The minimum Gasteiger partial charge on any atom is -0.314 e. The lowest BCUT2D eigenvalue weighted by Gasteiger charge is -2.10. The van der Waals surface area contributed by atoms with Gasteiger partial charge in [-0.2, -0.15) is 5.10 Å². The van der Waals surface area contributed by atoms with Gasteiger partial charge in [-0.15, -0.1) is 0 Å². The second-order valence-corrected chi connectivity index (χ2v) is 8.34. The van der Waals surface area contributed by atoms with E-state index >= 15 is 0 Å². The van der Waals surface area contributed by atoms with E-state index in [0.717, 1.165) is 16.6 Å². The van der Waals surface area contributed by atoms with Gasteiger partial charge in [0, 0.05) is 17.2 Å². The second-order valence-electron chi connectivity index (χ2n) is 6.99. The number of aromatic nitrogens is 2. The first kappa shape index (κ1) is 22.5. The van der Waals surface area contributed by atoms with Crippen LogP contribution in [0.3, 0.4) is 0 Å². The molecular formula is C23H18ClN5O3S. The number of nitrogens with one attached hydrogen (secondary N) is 1. The van der Waals surface area contributed by atoms with Gasteiger partial charge in [-0.25, -0.2) is 10.4 Å². The van der Waals surface area contributed by atoms with Crippen molar-refractivity contribution in [2.45, 2.75) is 11.7 Å². The Hall–Kier alpha value is -3.69. The van der Waals surface area contributed by atoms with E-state index in [9.17, 15) is 14.9 Å². The fourth-order valence-electron chi connectivity index (χ4n) is 3.14. The molecule has 0 saturated carbocycles. The Labute approximate surface area is 198 Å². The maximum Gasteiger partial charge on any atom is 0.269 e. The highest BCUT2D eigenvalue weighted by Crippen LogP contribution is 2.27. The molecule has 0 radical (unpaired) electrons. The number of nitro groups is 1. The van der Waals surface area contributed by atoms with Gasteiger partial charge >= 0.3 is 0 Å². The van der Waals surface area contributed by atoms with Gasteiger partial charge < -0.3 is 4.57 Å². The van der Waals surface area contributed by atoms with E-state index < -0.39 is 4.92 Å². The second kappa shape index (κ2) is 10.3. The number of carbonyl (C=O) groups excluding carboxylic acids is 1. The predicted molar refractivity (Wildman–Crippen MR) is 130 cm³/mol. The number of para-hydroxylation sites is 2. The van der Waals surface area contributed by atoms with Gasteiger partial charge in [-0.1, -0.05) is 53.7 Å². The lowest BCUT2D eigenvalue weighted by atomic mass is 10.2. The summed E-state index contributed by atoms with van der Waals surface area (Å²) in [5, 5.41) is 16.0. The summed E-state index contributed by atoms with van der Waals surface area (Å²) >= 11 is 7.66. The fourth-order valence-corrected chi connectivity index (χ4v) is 4.14. The van der Waals surface area contributed by atoms with E-state index in [1.165, 1.54) is 30.1 Å². The van der Waals surface area contributed by atoms with Gasteiger partial charge in [0.05, 0.1) is 34.5 Å². The number of hydrazone groups is 1. The molecule has 0 fully saturated rings. The number of hydrogen-bond donors (Lipinski definition) is 1. The molecule has 8 nitrogen and oxygen atoms in total. The van der Waals surface area contributed by atoms with Crippen molar-refractivity contribution in [2.75, 3.05) is 5.75 Å². The molecule has 1 heterocycles. The molecule has 0 aliphatic rings. The van der Waals surface area contributed by atoms with E-state index in [1.807, 2.05) is 53.1 Å². The Morgan fingerprint density at radius 2 is 1.85 bits per heavy atom. The molecule has 4 rings (SSSR count). The highest BCUT2D eigenvalue weighted by molar-refractivity contribution is 7.99. The summed E-state index contributed by atoms with van der Waals surface area (Å²) in [4.78, 5) is 27.2. The SMILES string of the molecule is O=C(CSc1nc2ccccc2n1Cc1ccccc1Cl)N/N=C\c1ccc([N+](=O)[O-])cc1. The molecule has 0 aliphatic carbocycles. The number of halogens is 1. The first-order valence-electron chi connectivity index (χ1n) is 9.89. The van der Waals surface area contributed by atoms with Crippen LogP contribution in [0.15, 0.2) is 83.1 Å². The first-order valence-corrected chi connectivity index (χ1v) is 11.3. The monoisotopic (exact) mass is 479 g/mol. The van der Waals surface area contributed by atoms with Crippen LogP contribution in [0, 0.1) is 10.1 Å². The summed E-state index contributed by atoms with van der Waals surface area (Å²) < 4.78 is 2.04. The molecule has 0 aliphatic heterocycles. The Balaban J connectivity index is 1.43. The molecule has 0 unspecified atom stereocenters. The van der Waals surface area contributed by atoms with Crippen LogP contribution < -0.4 is 5.43 Å². The van der Waals surface area contributed by atoms with Gasteiger partial charge in [0.2, 0.25) is 0 Å². The smallest absolute Gasteiger partial charge is 0.269 e. The van der Waals surface area contributed by atoms with Gasteiger partial charge in [0.1, 0.15) is 0 Å². The summed E-state index contributed by atoms with van der Waals surface area (Å²) in [5.41, 5.74) is 5.85. The number of rotatable bonds is 8. The number of thioether (sulfide) groups is 1. The maximum atomic E-state index is 12.3. The van der Waals surface area contributed by atoms with Gasteiger partial charge in [-0.3, -0.25) is 14.9 Å². The lowest BCUT2D eigenvalue weighted by molar-refractivity contribution is -0.384. The third kappa shape index (κ3) is 5.57. The molecule has 0 spiro atoms. The zero-order chi connectivity index (χ0) is 23.2. The van der Waals surface area contributed by atoms with Crippen LogP contribution >= 0.6 is 23.4 Å². The summed E-state index contributed by atoms with van der Waals surface area (Å²) in [6, 6.07) is 21.3. The van der Waals surface area contributed by atoms with E-state index in [2.05, 4.69) is 15.5 Å². The Morgan fingerprint density at radius 1 is 1.12 bits per heavy atom. The third-order valence-electron chi connectivity index (χ3n) is 4.74. The molecule has 1 N–H and O–H groups in total. The Morgan fingerprint density at radius 3 is 2.61 bits per heavy atom. The number of fused-ring (bicyclic) bond motifs is 1. The van der Waals surface area contributed by atoms with E-state index in [4.69, 9.17) is 11.6 Å². The zero-order valence-electron chi connectivity index (χ0n) is 17.2. The van der Waals surface area contributed by atoms with Crippen LogP contribution in [-0.4, -0.2) is 32.3 Å². The number of carbonyl (C=O) groups is 1. The molecule has 0 saturated heterocycles. The highest BCUT2D eigenvalue weighted by Gasteiger charge is 2.14. The van der Waals surface area contributed by atoms with Crippen LogP contribution in [0.5, 0.6) is 0 Å². The van der Waals surface area contributed by atoms with Crippen molar-refractivity contribution >= 4 is 52.2 Å². The number of imidazole rings is 1. The average Bonchev–Trinajstić information content (AvgIpc) is 3.17. The Kier molecular flexibility index (Phi) is 7.01. The molecule has 4 aromatic rings. The number of nitro benzene ring substituents is 1. The predicted octanol–water partition coefficient (Wildman–Crippen LogP) is 4.89. The molecule has 0 atom stereocenters. The summed E-state index contributed by atoms with van der Waals surface area (Å²) in [6.45, 7) is 0.530. The largest absolute Gasteiger partial charge is 0.314 e. The molecule has 10 heteroatoms. The van der Waals surface area contributed by atoms with Gasteiger partial charge in [-0.05, 0) is 41.5 Å². The molecule has 166 valence electrons. The van der Waals surface area contributed by atoms with E-state index in [-0.39, 0.29) is 17.3 Å². The molecular weight excluding hydrogens is 462 g/mol. The van der Waals surface area contributed by atoms with Crippen molar-refractivity contribution in [1.29, 1.82) is 0 Å². The van der Waals surface area contributed by atoms with Crippen molar-refractivity contribution in [3.8, 4) is 0 Å². The molecule has 3 aromatic carbocycles. The molecule has 0 bridgehead atoms. The van der Waals surface area contributed by atoms with Crippen molar-refractivity contribution in [1.82, 2.24) is 15.0 Å². The van der Waals surface area contributed by atoms with Crippen molar-refractivity contribution in [2.24, 2.45) is 5.10 Å². The molecule has 1 aromatic heterocycles. The van der Waals surface area contributed by atoms with Crippen LogP contribution in [0.2, 0.25) is 5.02 Å². The lowest BCUT2D eigenvalue weighted by Crippen LogP contribution is -2.20. The van der Waals surface area contributed by atoms with Crippen molar-refractivity contribution in [3.63, 3.8) is 0 Å². The number of benzene rings is 3. The van der Waals surface area contributed by atoms with Gasteiger partial charge in [0.25, 0.3) is 11.6 Å². The van der Waals surface area contributed by atoms with E-state index in [0.29, 0.717) is 22.3 Å². The fraction of sp³-hybridized carbons (Fsp3) is 0.0870. The van der Waals surface area contributed by atoms with E-state index in [1.54, 1.807) is 12.1 Å². The molecule has 33 heavy (non-hydrogen) atoms. The van der Waals surface area contributed by atoms with Crippen molar-refractivity contribution < 1.29 is 9.72 Å². The summed E-state index contributed by atoms with van der Waals surface area (Å²) in [6.07, 6.45) is 1.43. The zero-order valence-corrected chi connectivity index (χ0v) is 18.8. The maximum absolute atomic E-state index is 12.3. The minimum atomic E-state index is -0.473. The number of hydrogen-bond acceptors (Lipinski definition) is 6. The van der Waals surface area contributed by atoms with Crippen molar-refractivity contribution in [3.05, 3.63) is 99.1 Å². The van der Waals surface area contributed by atoms with Crippen LogP contribution in [-0.2, 0) is 11.3 Å². The summed E-state index contributed by atoms with van der Waals surface area (Å²) in [7, 11) is 0. The summed E-state index contributed by atoms with van der Waals surface area (Å²) in [5.74, 6) is -0.182. The normalized spacial score (nSPS) is 11.2. The third-order valence-corrected chi connectivity index (χ3v) is 6.09.